The maximum Gasteiger partial charge on any atom is 0.430 e. The summed E-state index contributed by atoms with van der Waals surface area (Å²) < 4.78 is 91.7. The van der Waals surface area contributed by atoms with Crippen LogP contribution in [-0.2, 0) is 6.18 Å². The van der Waals surface area contributed by atoms with E-state index in [0.29, 0.717) is 17.2 Å². The standard InChI is InChI=1S/C23H15F7N2O/c24-22(25,26)19-7-2-1-6-18(19)20(13-21(31)23(27,28)29)32-16-10-8-14(9-11-16)15-4-3-5-17(12-15)33-30/h1-13H,31H2. The molecule has 0 radical (unpaired) electrons. The maximum atomic E-state index is 13.5. The molecule has 0 aromatic heterocycles. The lowest BCUT2D eigenvalue weighted by molar-refractivity contribution is -0.137. The molecule has 2 N–H and O–H groups in total. The van der Waals surface area contributed by atoms with Gasteiger partial charge in [0.05, 0.1) is 17.0 Å². The minimum Gasteiger partial charge on any atom is -0.395 e. The Kier molecular flexibility index (Phi) is 6.75. The highest BCUT2D eigenvalue weighted by Crippen LogP contribution is 2.34. The van der Waals surface area contributed by atoms with Gasteiger partial charge in [0.1, 0.15) is 5.70 Å². The number of nitrogens with two attached hydrogens (primary N) is 1. The molecule has 0 spiro atoms. The fourth-order valence-electron chi connectivity index (χ4n) is 2.94. The molecule has 3 rings (SSSR count). The highest BCUT2D eigenvalue weighted by Gasteiger charge is 2.35. The fraction of sp³-hybridized carbons (Fsp3) is 0.0870. The molecule has 0 atom stereocenters. The van der Waals surface area contributed by atoms with Crippen LogP contribution in [0.1, 0.15) is 11.1 Å². The van der Waals surface area contributed by atoms with Crippen LogP contribution in [-0.4, -0.2) is 11.9 Å². The van der Waals surface area contributed by atoms with E-state index in [9.17, 15) is 30.9 Å². The van der Waals surface area contributed by atoms with Gasteiger partial charge in [0.25, 0.3) is 0 Å². The number of aliphatic imine (C=N–C) groups is 1. The summed E-state index contributed by atoms with van der Waals surface area (Å²) in [6, 6.07) is 16.0. The van der Waals surface area contributed by atoms with Gasteiger partial charge >= 0.3 is 12.4 Å². The quantitative estimate of drug-likeness (QED) is 0.319. The van der Waals surface area contributed by atoms with E-state index in [-0.39, 0.29) is 11.4 Å². The van der Waals surface area contributed by atoms with Gasteiger partial charge in [-0.15, -0.1) is 0 Å². The first kappa shape index (κ1) is 23.8. The molecule has 3 aromatic rings. The summed E-state index contributed by atoms with van der Waals surface area (Å²) in [4.78, 5) is 7.68. The molecule has 172 valence electrons. The Morgan fingerprint density at radius 3 is 2.09 bits per heavy atom. The van der Waals surface area contributed by atoms with Crippen LogP contribution >= 0.6 is 0 Å². The lowest BCUT2D eigenvalue weighted by Gasteiger charge is -2.14. The summed E-state index contributed by atoms with van der Waals surface area (Å²) in [6.45, 7) is 0. The second-order valence-electron chi connectivity index (χ2n) is 6.79. The molecule has 0 aliphatic rings. The molecule has 0 saturated heterocycles. The molecular weight excluding hydrogens is 453 g/mol. The number of benzene rings is 3. The smallest absolute Gasteiger partial charge is 0.395 e. The monoisotopic (exact) mass is 468 g/mol. The Morgan fingerprint density at radius 2 is 1.48 bits per heavy atom. The van der Waals surface area contributed by atoms with Crippen LogP contribution in [0.25, 0.3) is 11.1 Å². The van der Waals surface area contributed by atoms with Crippen LogP contribution in [0.15, 0.2) is 89.6 Å². The van der Waals surface area contributed by atoms with Crippen LogP contribution in [0.4, 0.5) is 36.6 Å². The SMILES string of the molecule is NC(=CC(=Nc1ccc(-c2cccc(OF)c2)cc1)c1ccccc1C(F)(F)F)C(F)(F)F. The summed E-state index contributed by atoms with van der Waals surface area (Å²) in [7, 11) is 0. The van der Waals surface area contributed by atoms with Crippen molar-refractivity contribution in [1.82, 2.24) is 0 Å². The predicted octanol–water partition coefficient (Wildman–Crippen LogP) is 7.16. The Hall–Kier alpha value is -3.82. The second-order valence-corrected chi connectivity index (χ2v) is 6.79. The Morgan fingerprint density at radius 1 is 0.818 bits per heavy atom. The first-order chi connectivity index (χ1) is 15.5. The molecule has 0 saturated carbocycles. The van der Waals surface area contributed by atoms with Crippen molar-refractivity contribution in [3.63, 3.8) is 0 Å². The van der Waals surface area contributed by atoms with Gasteiger partial charge in [0, 0.05) is 10.1 Å². The molecule has 0 aliphatic heterocycles. The number of hydrogen-bond donors (Lipinski definition) is 1. The Labute approximate surface area is 183 Å². The molecule has 0 amide bonds. The molecule has 0 bridgehead atoms. The third-order valence-electron chi connectivity index (χ3n) is 4.50. The van der Waals surface area contributed by atoms with E-state index in [2.05, 4.69) is 9.93 Å². The average molecular weight is 468 g/mol. The molecule has 3 nitrogen and oxygen atoms in total. The minimum absolute atomic E-state index is 0.0339. The van der Waals surface area contributed by atoms with Crippen molar-refractivity contribution in [2.75, 3.05) is 0 Å². The number of halogens is 7. The Balaban J connectivity index is 2.09. The van der Waals surface area contributed by atoms with Gasteiger partial charge in [-0.2, -0.15) is 26.3 Å². The van der Waals surface area contributed by atoms with E-state index >= 15 is 0 Å². The van der Waals surface area contributed by atoms with Gasteiger partial charge in [-0.3, -0.25) is 4.94 Å². The van der Waals surface area contributed by atoms with Crippen molar-refractivity contribution in [3.05, 3.63) is 95.7 Å². The van der Waals surface area contributed by atoms with Crippen LogP contribution in [0.2, 0.25) is 0 Å². The molecule has 10 heteroatoms. The zero-order valence-corrected chi connectivity index (χ0v) is 16.6. The number of nitrogens with zero attached hydrogens (tertiary/aromatic N) is 1. The predicted molar refractivity (Wildman–Crippen MR) is 110 cm³/mol. The van der Waals surface area contributed by atoms with Gasteiger partial charge in [-0.25, -0.2) is 4.99 Å². The summed E-state index contributed by atoms with van der Waals surface area (Å²) in [5.41, 5.74) is 2.38. The number of alkyl halides is 6. The minimum atomic E-state index is -4.96. The van der Waals surface area contributed by atoms with Crippen LogP contribution in [0.3, 0.4) is 0 Å². The van der Waals surface area contributed by atoms with Gasteiger partial charge < -0.3 is 5.73 Å². The maximum absolute atomic E-state index is 13.5. The van der Waals surface area contributed by atoms with Crippen LogP contribution in [0.5, 0.6) is 5.75 Å². The Bertz CT molecular complexity index is 1180. The van der Waals surface area contributed by atoms with Crippen molar-refractivity contribution >= 4 is 11.4 Å². The van der Waals surface area contributed by atoms with E-state index in [4.69, 9.17) is 5.73 Å². The zero-order chi connectivity index (χ0) is 24.2. The van der Waals surface area contributed by atoms with E-state index in [1.165, 1.54) is 42.5 Å². The summed E-state index contributed by atoms with van der Waals surface area (Å²) >= 11 is 0. The lowest BCUT2D eigenvalue weighted by atomic mass is 10.0. The topological polar surface area (TPSA) is 47.6 Å². The summed E-state index contributed by atoms with van der Waals surface area (Å²) in [5, 5.41) is 0. The first-order valence-electron chi connectivity index (χ1n) is 9.28. The largest absolute Gasteiger partial charge is 0.430 e. The molecule has 0 fully saturated rings. The van der Waals surface area contributed by atoms with Crippen molar-refractivity contribution in [2.45, 2.75) is 12.4 Å². The first-order valence-corrected chi connectivity index (χ1v) is 9.28. The summed E-state index contributed by atoms with van der Waals surface area (Å²) in [5.74, 6) is -0.0339. The summed E-state index contributed by atoms with van der Waals surface area (Å²) in [6.07, 6.45) is -9.42. The van der Waals surface area contributed by atoms with E-state index in [1.807, 2.05) is 0 Å². The van der Waals surface area contributed by atoms with Crippen molar-refractivity contribution < 1.29 is 35.8 Å². The number of rotatable bonds is 5. The van der Waals surface area contributed by atoms with E-state index in [1.54, 1.807) is 12.1 Å². The van der Waals surface area contributed by atoms with Crippen LogP contribution in [0, 0.1) is 0 Å². The zero-order valence-electron chi connectivity index (χ0n) is 16.6. The van der Waals surface area contributed by atoms with E-state index < -0.39 is 34.9 Å². The molecule has 33 heavy (non-hydrogen) atoms. The number of hydrogen-bond acceptors (Lipinski definition) is 3. The van der Waals surface area contributed by atoms with E-state index in [0.717, 1.165) is 18.2 Å². The second kappa shape index (κ2) is 9.35. The fourth-order valence-corrected chi connectivity index (χ4v) is 2.94. The van der Waals surface area contributed by atoms with Gasteiger partial charge in [0.2, 0.25) is 0 Å². The molecule has 0 unspecified atom stereocenters. The molecule has 3 aromatic carbocycles. The van der Waals surface area contributed by atoms with Gasteiger partial charge in [0.15, 0.2) is 5.75 Å². The third-order valence-corrected chi connectivity index (χ3v) is 4.50. The van der Waals surface area contributed by atoms with Gasteiger partial charge in [-0.05, 0) is 47.5 Å². The van der Waals surface area contributed by atoms with Crippen molar-refractivity contribution in [1.29, 1.82) is 0 Å². The van der Waals surface area contributed by atoms with Crippen molar-refractivity contribution in [2.24, 2.45) is 10.7 Å². The molecular formula is C23H15F7N2O. The van der Waals surface area contributed by atoms with Gasteiger partial charge in [-0.1, -0.05) is 42.5 Å². The van der Waals surface area contributed by atoms with Crippen molar-refractivity contribution in [3.8, 4) is 16.9 Å². The molecule has 0 heterocycles. The number of allylic oxidation sites excluding steroid dienone is 2. The average Bonchev–Trinajstić information content (AvgIpc) is 2.78. The normalized spacial score (nSPS) is 13.2. The highest BCUT2D eigenvalue weighted by atomic mass is 19.4. The third kappa shape index (κ3) is 5.91. The van der Waals surface area contributed by atoms with Crippen LogP contribution < -0.4 is 10.7 Å². The highest BCUT2D eigenvalue weighted by molar-refractivity contribution is 6.11. The lowest BCUT2D eigenvalue weighted by Crippen LogP contribution is -2.21. The molecule has 0 aliphatic carbocycles.